The van der Waals surface area contributed by atoms with Gasteiger partial charge in [0.2, 0.25) is 0 Å². The molecule has 1 heterocycles. The number of aliphatic hydroxyl groups excluding tert-OH is 2. The molecule has 6 heteroatoms. The van der Waals surface area contributed by atoms with Crippen molar-refractivity contribution in [1.29, 1.82) is 0 Å². The topological polar surface area (TPSA) is 71.2 Å². The van der Waals surface area contributed by atoms with E-state index in [9.17, 15) is 0 Å². The van der Waals surface area contributed by atoms with Crippen molar-refractivity contribution in [1.82, 2.24) is 14.8 Å². The Balaban J connectivity index is 0.000000423. The Kier molecular flexibility index (Phi) is 10.1. The Morgan fingerprint density at radius 1 is 0.788 bits per heavy atom. The van der Waals surface area contributed by atoms with Crippen LogP contribution in [-0.2, 0) is 20.1 Å². The first kappa shape index (κ1) is 26.6. The van der Waals surface area contributed by atoms with Gasteiger partial charge in [-0.3, -0.25) is 0 Å². The summed E-state index contributed by atoms with van der Waals surface area (Å²) in [4.78, 5) is 0. The molecule has 0 aliphatic rings. The molecular formula is C27H30IrN3O2-. The fourth-order valence-corrected chi connectivity index (χ4v) is 3.52. The summed E-state index contributed by atoms with van der Waals surface area (Å²) in [6, 6.07) is 27.8. The molecule has 0 fully saturated rings. The molecule has 0 saturated heterocycles. The first-order valence-electron chi connectivity index (χ1n) is 10.8. The van der Waals surface area contributed by atoms with E-state index in [1.165, 1.54) is 5.56 Å². The third kappa shape index (κ3) is 6.92. The van der Waals surface area contributed by atoms with Crippen LogP contribution in [0.25, 0.3) is 28.5 Å². The number of rotatable bonds is 5. The predicted octanol–water partition coefficient (Wildman–Crippen LogP) is 5.15. The first-order valence-corrected chi connectivity index (χ1v) is 10.8. The second-order valence-electron chi connectivity index (χ2n) is 7.99. The van der Waals surface area contributed by atoms with Crippen LogP contribution in [0.4, 0.5) is 0 Å². The molecule has 0 aliphatic carbocycles. The van der Waals surface area contributed by atoms with Crippen LogP contribution in [0.3, 0.4) is 0 Å². The fraction of sp³-hybridized carbons (Fsp3) is 0.259. The van der Waals surface area contributed by atoms with Crippen LogP contribution in [0.2, 0.25) is 0 Å². The fourth-order valence-electron chi connectivity index (χ4n) is 3.52. The minimum atomic E-state index is -0.375. The zero-order valence-corrected chi connectivity index (χ0v) is 21.8. The van der Waals surface area contributed by atoms with E-state index in [2.05, 4.69) is 65.0 Å². The number of aliphatic hydroxyl groups is 2. The van der Waals surface area contributed by atoms with Crippen molar-refractivity contribution >= 4 is 0 Å². The van der Waals surface area contributed by atoms with Gasteiger partial charge in [0.15, 0.2) is 5.82 Å². The predicted molar refractivity (Wildman–Crippen MR) is 129 cm³/mol. The third-order valence-corrected chi connectivity index (χ3v) is 5.03. The van der Waals surface area contributed by atoms with Crippen molar-refractivity contribution in [3.8, 4) is 28.5 Å². The van der Waals surface area contributed by atoms with E-state index in [4.69, 9.17) is 10.2 Å². The van der Waals surface area contributed by atoms with Crippen LogP contribution in [-0.4, -0.2) is 37.2 Å². The monoisotopic (exact) mass is 621 g/mol. The van der Waals surface area contributed by atoms with Crippen molar-refractivity contribution in [2.75, 3.05) is 0 Å². The molecule has 5 nitrogen and oxygen atoms in total. The molecule has 0 bridgehead atoms. The molecule has 4 aromatic rings. The van der Waals surface area contributed by atoms with Crippen LogP contribution in [0.5, 0.6) is 0 Å². The van der Waals surface area contributed by atoms with E-state index in [0.717, 1.165) is 34.0 Å². The molecule has 2 unspecified atom stereocenters. The van der Waals surface area contributed by atoms with Gasteiger partial charge in [-0.15, -0.1) is 40.5 Å². The Morgan fingerprint density at radius 2 is 1.36 bits per heavy atom. The SMILES string of the molecule is CC(O)CC(C)O.Cc1ccc[c-]c1-c1nnc(-c2ccccc2C)n1-c1ccccc1.[Ir]. The first-order chi connectivity index (χ1) is 15.4. The largest absolute Gasteiger partial charge is 0.393 e. The Labute approximate surface area is 209 Å². The zero-order valence-electron chi connectivity index (χ0n) is 19.4. The molecular weight excluding hydrogens is 591 g/mol. The molecule has 2 N–H and O–H groups in total. The summed E-state index contributed by atoms with van der Waals surface area (Å²) in [6.45, 7) is 7.49. The molecule has 3 aromatic carbocycles. The second kappa shape index (κ2) is 12.6. The van der Waals surface area contributed by atoms with Crippen molar-refractivity contribution in [2.24, 2.45) is 0 Å². The number of hydrogen-bond acceptors (Lipinski definition) is 4. The smallest absolute Gasteiger partial charge is 0.159 e. The van der Waals surface area contributed by atoms with Gasteiger partial charge in [0, 0.05) is 31.4 Å². The van der Waals surface area contributed by atoms with Gasteiger partial charge in [-0.1, -0.05) is 49.4 Å². The molecule has 2 atom stereocenters. The van der Waals surface area contributed by atoms with E-state index in [-0.39, 0.29) is 32.3 Å². The molecule has 1 radical (unpaired) electrons. The van der Waals surface area contributed by atoms with Crippen molar-refractivity contribution in [3.63, 3.8) is 0 Å². The molecule has 0 spiro atoms. The van der Waals surface area contributed by atoms with Crippen LogP contribution in [0.1, 0.15) is 31.4 Å². The number of aryl methyl sites for hydroxylation is 2. The molecule has 175 valence electrons. The number of para-hydroxylation sites is 1. The van der Waals surface area contributed by atoms with E-state index in [1.807, 2.05) is 42.5 Å². The third-order valence-electron chi connectivity index (χ3n) is 5.03. The van der Waals surface area contributed by atoms with E-state index in [1.54, 1.807) is 13.8 Å². The average Bonchev–Trinajstić information content (AvgIpc) is 3.19. The van der Waals surface area contributed by atoms with Crippen LogP contribution < -0.4 is 0 Å². The van der Waals surface area contributed by atoms with Gasteiger partial charge in [0.25, 0.3) is 0 Å². The summed E-state index contributed by atoms with van der Waals surface area (Å²) >= 11 is 0. The van der Waals surface area contributed by atoms with Gasteiger partial charge in [0.05, 0.1) is 18.0 Å². The van der Waals surface area contributed by atoms with Crippen LogP contribution in [0.15, 0.2) is 72.8 Å². The average molecular weight is 621 g/mol. The van der Waals surface area contributed by atoms with Crippen molar-refractivity contribution in [2.45, 2.75) is 46.3 Å². The minimum absolute atomic E-state index is 0. The maximum absolute atomic E-state index is 8.56. The molecule has 33 heavy (non-hydrogen) atoms. The van der Waals surface area contributed by atoms with Gasteiger partial charge >= 0.3 is 0 Å². The normalized spacial score (nSPS) is 12.2. The molecule has 0 amide bonds. The van der Waals surface area contributed by atoms with Gasteiger partial charge in [-0.25, -0.2) is 0 Å². The second-order valence-corrected chi connectivity index (χ2v) is 7.99. The van der Waals surface area contributed by atoms with Crippen LogP contribution >= 0.6 is 0 Å². The minimum Gasteiger partial charge on any atom is -0.393 e. The van der Waals surface area contributed by atoms with Crippen molar-refractivity contribution < 1.29 is 30.3 Å². The Bertz CT molecular complexity index is 1070. The zero-order chi connectivity index (χ0) is 23.1. The van der Waals surface area contributed by atoms with Gasteiger partial charge in [-0.2, -0.15) is 5.10 Å². The van der Waals surface area contributed by atoms with E-state index >= 15 is 0 Å². The summed E-state index contributed by atoms with van der Waals surface area (Å²) in [5, 5.41) is 26.2. The van der Waals surface area contributed by atoms with Gasteiger partial charge < -0.3 is 14.8 Å². The summed E-state index contributed by atoms with van der Waals surface area (Å²) < 4.78 is 2.11. The number of nitrogens with zero attached hydrogens (tertiary/aromatic N) is 3. The number of aromatic nitrogens is 3. The molecule has 0 aliphatic heterocycles. The van der Waals surface area contributed by atoms with Crippen LogP contribution in [0, 0.1) is 19.9 Å². The summed E-state index contributed by atoms with van der Waals surface area (Å²) in [5.74, 6) is 1.65. The molecule has 0 saturated carbocycles. The quantitative estimate of drug-likeness (QED) is 0.303. The summed E-state index contributed by atoms with van der Waals surface area (Å²) in [7, 11) is 0. The molecule has 1 aromatic heterocycles. The Morgan fingerprint density at radius 3 is 1.94 bits per heavy atom. The summed E-state index contributed by atoms with van der Waals surface area (Å²) in [5.41, 5.74) is 5.39. The van der Waals surface area contributed by atoms with Gasteiger partial charge in [-0.05, 0) is 44.9 Å². The summed E-state index contributed by atoms with van der Waals surface area (Å²) in [6.07, 6.45) is -0.278. The maximum Gasteiger partial charge on any atom is 0.159 e. The van der Waals surface area contributed by atoms with Crippen molar-refractivity contribution in [3.05, 3.63) is 90.0 Å². The standard InChI is InChI=1S/C22H18N3.C5H12O2.Ir/c1-16-10-6-8-14-19(16)21-23-24-22(20-15-9-7-11-17(20)2)25(21)18-12-4-3-5-13-18;1-4(6)3-5(2)7;/h3-14H,1-2H3;4-7H,3H2,1-2H3;/q-1;;. The Hall–Kier alpha value is -2.63. The van der Waals surface area contributed by atoms with E-state index in [0.29, 0.717) is 6.42 Å². The van der Waals surface area contributed by atoms with E-state index < -0.39 is 0 Å². The number of benzene rings is 3. The van der Waals surface area contributed by atoms with Gasteiger partial charge in [0.1, 0.15) is 0 Å². The maximum atomic E-state index is 8.56. The molecule has 4 rings (SSSR count). The number of hydrogen-bond donors (Lipinski definition) is 2.